The van der Waals surface area contributed by atoms with Crippen LogP contribution in [0.2, 0.25) is 0 Å². The maximum absolute atomic E-state index is 9.97. The lowest BCUT2D eigenvalue weighted by atomic mass is 9.97. The molecular weight excluding hydrogens is 190 g/mol. The van der Waals surface area contributed by atoms with Crippen molar-refractivity contribution in [1.82, 2.24) is 9.78 Å². The van der Waals surface area contributed by atoms with Crippen molar-refractivity contribution >= 4 is 0 Å². The summed E-state index contributed by atoms with van der Waals surface area (Å²) in [6, 6.07) is -0.209. The van der Waals surface area contributed by atoms with Gasteiger partial charge in [-0.25, -0.2) is 0 Å². The number of nitrogens with two attached hydrogens (primary N) is 1. The summed E-state index contributed by atoms with van der Waals surface area (Å²) in [5.74, 6) is 0.496. The number of aliphatic hydroxyl groups is 1. The molecule has 0 saturated heterocycles. The molecule has 0 fully saturated rings. The molecule has 0 bridgehead atoms. The van der Waals surface area contributed by atoms with E-state index in [0.717, 1.165) is 18.5 Å². The molecule has 3 N–H and O–H groups in total. The Labute approximate surface area is 91.1 Å². The van der Waals surface area contributed by atoms with Gasteiger partial charge in [-0.1, -0.05) is 13.8 Å². The van der Waals surface area contributed by atoms with Gasteiger partial charge in [-0.05, 0) is 19.3 Å². The van der Waals surface area contributed by atoms with Gasteiger partial charge in [0.15, 0.2) is 0 Å². The van der Waals surface area contributed by atoms with Gasteiger partial charge in [0.05, 0.1) is 12.3 Å². The third-order valence-electron chi connectivity index (χ3n) is 2.47. The van der Waals surface area contributed by atoms with Crippen LogP contribution < -0.4 is 5.73 Å². The predicted molar refractivity (Wildman–Crippen MR) is 60.3 cm³/mol. The van der Waals surface area contributed by atoms with Crippen LogP contribution in [-0.2, 0) is 6.54 Å². The zero-order valence-electron chi connectivity index (χ0n) is 9.72. The minimum atomic E-state index is -0.604. The average Bonchev–Trinajstić information content (AvgIpc) is 2.63. The van der Waals surface area contributed by atoms with Crippen LogP contribution in [0.3, 0.4) is 0 Å². The fourth-order valence-electron chi connectivity index (χ4n) is 1.63. The molecule has 15 heavy (non-hydrogen) atoms. The molecule has 0 saturated carbocycles. The summed E-state index contributed by atoms with van der Waals surface area (Å²) in [6.07, 6.45) is 3.75. The monoisotopic (exact) mass is 211 g/mol. The molecular formula is C11H21N3O. The van der Waals surface area contributed by atoms with E-state index in [1.54, 1.807) is 10.9 Å². The minimum absolute atomic E-state index is 0.209. The molecule has 1 aromatic rings. The van der Waals surface area contributed by atoms with E-state index in [9.17, 15) is 5.11 Å². The van der Waals surface area contributed by atoms with Crippen molar-refractivity contribution in [2.24, 2.45) is 11.7 Å². The van der Waals surface area contributed by atoms with Crippen LogP contribution in [0.15, 0.2) is 12.4 Å². The topological polar surface area (TPSA) is 64.1 Å². The maximum Gasteiger partial charge on any atom is 0.0971 e. The number of hydrogen-bond acceptors (Lipinski definition) is 3. The van der Waals surface area contributed by atoms with Crippen molar-refractivity contribution in [2.75, 3.05) is 0 Å². The Morgan fingerprint density at radius 3 is 2.67 bits per heavy atom. The first-order chi connectivity index (χ1) is 7.04. The highest BCUT2D eigenvalue weighted by atomic mass is 16.3. The number of rotatable bonds is 5. The molecule has 0 aliphatic heterocycles. The highest BCUT2D eigenvalue weighted by Gasteiger charge is 2.19. The van der Waals surface area contributed by atoms with Crippen LogP contribution in [0.25, 0.3) is 0 Å². The average molecular weight is 211 g/mol. The Morgan fingerprint density at radius 2 is 2.20 bits per heavy atom. The van der Waals surface area contributed by atoms with E-state index in [1.807, 2.05) is 13.1 Å². The van der Waals surface area contributed by atoms with Crippen LogP contribution >= 0.6 is 0 Å². The van der Waals surface area contributed by atoms with Gasteiger partial charge in [0.1, 0.15) is 0 Å². The Balaban J connectivity index is 2.62. The molecule has 0 spiro atoms. The zero-order valence-corrected chi connectivity index (χ0v) is 9.72. The van der Waals surface area contributed by atoms with E-state index in [4.69, 9.17) is 5.73 Å². The molecule has 1 rings (SSSR count). The second-order valence-electron chi connectivity index (χ2n) is 4.37. The van der Waals surface area contributed by atoms with E-state index in [-0.39, 0.29) is 6.04 Å². The number of aliphatic hydroxyl groups excluding tert-OH is 1. The van der Waals surface area contributed by atoms with Gasteiger partial charge in [0.25, 0.3) is 0 Å². The summed E-state index contributed by atoms with van der Waals surface area (Å²) >= 11 is 0. The first-order valence-electron chi connectivity index (χ1n) is 5.50. The number of aromatic nitrogens is 2. The van der Waals surface area contributed by atoms with E-state index in [2.05, 4.69) is 18.9 Å². The summed E-state index contributed by atoms with van der Waals surface area (Å²) in [5, 5.41) is 14.1. The van der Waals surface area contributed by atoms with Crippen LogP contribution in [0.4, 0.5) is 0 Å². The summed E-state index contributed by atoms with van der Waals surface area (Å²) in [4.78, 5) is 0. The fraction of sp³-hybridized carbons (Fsp3) is 0.727. The van der Waals surface area contributed by atoms with Crippen LogP contribution in [0.1, 0.15) is 38.9 Å². The highest BCUT2D eigenvalue weighted by molar-refractivity contribution is 5.10. The first-order valence-corrected chi connectivity index (χ1v) is 5.50. The summed E-state index contributed by atoms with van der Waals surface area (Å²) < 4.78 is 1.79. The van der Waals surface area contributed by atoms with Crippen LogP contribution in [-0.4, -0.2) is 20.9 Å². The summed E-state index contributed by atoms with van der Waals surface area (Å²) in [5.41, 5.74) is 6.72. The van der Waals surface area contributed by atoms with Crippen molar-refractivity contribution in [3.05, 3.63) is 18.0 Å². The molecule has 0 amide bonds. The molecule has 86 valence electrons. The lowest BCUT2D eigenvalue weighted by Crippen LogP contribution is -2.29. The zero-order chi connectivity index (χ0) is 11.4. The van der Waals surface area contributed by atoms with Crippen molar-refractivity contribution < 1.29 is 5.11 Å². The normalized spacial score (nSPS) is 15.6. The van der Waals surface area contributed by atoms with E-state index < -0.39 is 6.10 Å². The third kappa shape index (κ3) is 3.32. The standard InChI is InChI=1S/C11H21N3O/c1-4-14-7-9(6-13-14)11(15)10(12)5-8(2)3/h6-8,10-11,15H,4-5,12H2,1-3H3. The van der Waals surface area contributed by atoms with Crippen molar-refractivity contribution in [3.63, 3.8) is 0 Å². The molecule has 0 aromatic carbocycles. The second-order valence-corrected chi connectivity index (χ2v) is 4.37. The van der Waals surface area contributed by atoms with E-state index in [0.29, 0.717) is 5.92 Å². The fourth-order valence-corrected chi connectivity index (χ4v) is 1.63. The molecule has 2 atom stereocenters. The molecule has 2 unspecified atom stereocenters. The highest BCUT2D eigenvalue weighted by Crippen LogP contribution is 2.19. The summed E-state index contributed by atoms with van der Waals surface area (Å²) in [7, 11) is 0. The van der Waals surface area contributed by atoms with Crippen molar-refractivity contribution in [2.45, 2.75) is 45.9 Å². The molecule has 4 heteroatoms. The lowest BCUT2D eigenvalue weighted by molar-refractivity contribution is 0.136. The van der Waals surface area contributed by atoms with Gasteiger partial charge < -0.3 is 10.8 Å². The number of hydrogen-bond donors (Lipinski definition) is 2. The first kappa shape index (κ1) is 12.2. The van der Waals surface area contributed by atoms with Gasteiger partial charge in [0, 0.05) is 24.3 Å². The smallest absolute Gasteiger partial charge is 0.0971 e. The molecule has 0 aliphatic carbocycles. The SMILES string of the molecule is CCn1cc(C(O)C(N)CC(C)C)cn1. The van der Waals surface area contributed by atoms with E-state index >= 15 is 0 Å². The lowest BCUT2D eigenvalue weighted by Gasteiger charge is -2.19. The van der Waals surface area contributed by atoms with E-state index in [1.165, 1.54) is 0 Å². The Morgan fingerprint density at radius 1 is 1.53 bits per heavy atom. The Hall–Kier alpha value is -0.870. The van der Waals surface area contributed by atoms with Crippen molar-refractivity contribution in [1.29, 1.82) is 0 Å². The number of nitrogens with zero attached hydrogens (tertiary/aromatic N) is 2. The van der Waals surface area contributed by atoms with Crippen LogP contribution in [0.5, 0.6) is 0 Å². The van der Waals surface area contributed by atoms with Gasteiger partial charge in [-0.2, -0.15) is 5.10 Å². The minimum Gasteiger partial charge on any atom is -0.387 e. The van der Waals surface area contributed by atoms with Crippen molar-refractivity contribution in [3.8, 4) is 0 Å². The molecule has 1 heterocycles. The Bertz CT molecular complexity index is 296. The maximum atomic E-state index is 9.97. The number of aryl methyl sites for hydroxylation is 1. The third-order valence-corrected chi connectivity index (χ3v) is 2.47. The molecule has 1 aromatic heterocycles. The molecule has 4 nitrogen and oxygen atoms in total. The quantitative estimate of drug-likeness (QED) is 0.771. The largest absolute Gasteiger partial charge is 0.387 e. The van der Waals surface area contributed by atoms with Crippen LogP contribution in [0, 0.1) is 5.92 Å². The summed E-state index contributed by atoms with van der Waals surface area (Å²) in [6.45, 7) is 7.02. The van der Waals surface area contributed by atoms with Gasteiger partial charge in [0.2, 0.25) is 0 Å². The second kappa shape index (κ2) is 5.28. The molecule has 0 aliphatic rings. The molecule has 0 radical (unpaired) electrons. The predicted octanol–water partition coefficient (Wildman–Crippen LogP) is 1.31. The van der Waals surface area contributed by atoms with Gasteiger partial charge >= 0.3 is 0 Å². The van der Waals surface area contributed by atoms with Gasteiger partial charge in [-0.3, -0.25) is 4.68 Å². The Kier molecular flexibility index (Phi) is 4.29. The van der Waals surface area contributed by atoms with Gasteiger partial charge in [-0.15, -0.1) is 0 Å².